The maximum absolute atomic E-state index is 12.4. The van der Waals surface area contributed by atoms with Gasteiger partial charge in [0.05, 0.1) is 18.7 Å². The first-order valence-corrected chi connectivity index (χ1v) is 6.68. The van der Waals surface area contributed by atoms with Gasteiger partial charge in [-0.2, -0.15) is 0 Å². The van der Waals surface area contributed by atoms with Crippen molar-refractivity contribution in [1.29, 1.82) is 0 Å². The van der Waals surface area contributed by atoms with Crippen molar-refractivity contribution in [2.75, 3.05) is 20.0 Å². The van der Waals surface area contributed by atoms with E-state index < -0.39 is 0 Å². The van der Waals surface area contributed by atoms with Crippen molar-refractivity contribution in [2.45, 2.75) is 0 Å². The van der Waals surface area contributed by atoms with Gasteiger partial charge < -0.3 is 15.2 Å². The van der Waals surface area contributed by atoms with Gasteiger partial charge in [0.25, 0.3) is 0 Å². The number of carbonyl (C=O) groups is 1. The lowest BCUT2D eigenvalue weighted by Crippen LogP contribution is -2.06. The summed E-state index contributed by atoms with van der Waals surface area (Å²) < 4.78 is 10.9. The monoisotopic (exact) mass is 335 g/mol. The van der Waals surface area contributed by atoms with Crippen molar-refractivity contribution < 1.29 is 14.3 Å². The van der Waals surface area contributed by atoms with Crippen LogP contribution in [0.5, 0.6) is 11.5 Å². The lowest BCUT2D eigenvalue weighted by Gasteiger charge is -2.10. The van der Waals surface area contributed by atoms with Crippen LogP contribution in [0.3, 0.4) is 0 Å². The van der Waals surface area contributed by atoms with Gasteiger partial charge in [0.2, 0.25) is 0 Å². The smallest absolute Gasteiger partial charge is 0.195 e. The average molecular weight is 336 g/mol. The van der Waals surface area contributed by atoms with Gasteiger partial charge in [-0.3, -0.25) is 4.79 Å². The Balaban J connectivity index is 2.39. The first kappa shape index (κ1) is 14.4. The Hall–Kier alpha value is -2.01. The SMILES string of the molecule is COc1ccc(C(=O)c2cc(Br)c(OC)cc2N)cc1. The van der Waals surface area contributed by atoms with Crippen LogP contribution < -0.4 is 15.2 Å². The number of carbonyl (C=O) groups excluding carboxylic acids is 1. The third-order valence-corrected chi connectivity index (χ3v) is 3.54. The van der Waals surface area contributed by atoms with Gasteiger partial charge in [0.15, 0.2) is 5.78 Å². The Morgan fingerprint density at radius 2 is 1.75 bits per heavy atom. The molecular weight excluding hydrogens is 322 g/mol. The summed E-state index contributed by atoms with van der Waals surface area (Å²) in [6.45, 7) is 0. The average Bonchev–Trinajstić information content (AvgIpc) is 2.48. The van der Waals surface area contributed by atoms with Crippen LogP contribution in [-0.2, 0) is 0 Å². The van der Waals surface area contributed by atoms with Gasteiger partial charge in [0.1, 0.15) is 11.5 Å². The fraction of sp³-hybridized carbons (Fsp3) is 0.133. The molecule has 0 unspecified atom stereocenters. The second kappa shape index (κ2) is 5.96. The third kappa shape index (κ3) is 2.77. The highest BCUT2D eigenvalue weighted by Gasteiger charge is 2.15. The molecule has 20 heavy (non-hydrogen) atoms. The second-order valence-electron chi connectivity index (χ2n) is 4.13. The highest BCUT2D eigenvalue weighted by Crippen LogP contribution is 2.31. The van der Waals surface area contributed by atoms with Gasteiger partial charge in [-0.25, -0.2) is 0 Å². The van der Waals surface area contributed by atoms with Crippen molar-refractivity contribution in [1.82, 2.24) is 0 Å². The molecule has 5 heteroatoms. The minimum atomic E-state index is -0.145. The minimum absolute atomic E-state index is 0.145. The summed E-state index contributed by atoms with van der Waals surface area (Å²) in [4.78, 5) is 12.4. The highest BCUT2D eigenvalue weighted by molar-refractivity contribution is 9.10. The van der Waals surface area contributed by atoms with E-state index in [2.05, 4.69) is 15.9 Å². The summed E-state index contributed by atoms with van der Waals surface area (Å²) in [7, 11) is 3.12. The summed E-state index contributed by atoms with van der Waals surface area (Å²) in [6.07, 6.45) is 0. The van der Waals surface area contributed by atoms with Crippen molar-refractivity contribution >= 4 is 27.4 Å². The molecule has 0 saturated heterocycles. The topological polar surface area (TPSA) is 61.5 Å². The summed E-state index contributed by atoms with van der Waals surface area (Å²) in [5.41, 5.74) is 7.28. The number of nitrogen functional groups attached to an aromatic ring is 1. The summed E-state index contributed by atoms with van der Waals surface area (Å²) in [5, 5.41) is 0. The second-order valence-corrected chi connectivity index (χ2v) is 4.99. The molecular formula is C15H14BrNO3. The first-order chi connectivity index (χ1) is 9.56. The van der Waals surface area contributed by atoms with E-state index in [9.17, 15) is 4.79 Å². The molecule has 0 heterocycles. The van der Waals surface area contributed by atoms with Crippen LogP contribution >= 0.6 is 15.9 Å². The number of anilines is 1. The van der Waals surface area contributed by atoms with Crippen molar-refractivity contribution in [3.05, 3.63) is 52.0 Å². The minimum Gasteiger partial charge on any atom is -0.497 e. The summed E-state index contributed by atoms with van der Waals surface area (Å²) in [5.74, 6) is 1.15. The van der Waals surface area contributed by atoms with Crippen LogP contribution in [0.2, 0.25) is 0 Å². The molecule has 2 rings (SSSR count). The van der Waals surface area contributed by atoms with Gasteiger partial charge in [0, 0.05) is 22.9 Å². The van der Waals surface area contributed by atoms with E-state index >= 15 is 0 Å². The Kier molecular flexibility index (Phi) is 4.29. The lowest BCUT2D eigenvalue weighted by molar-refractivity contribution is 0.103. The van der Waals surface area contributed by atoms with E-state index in [0.717, 1.165) is 0 Å². The Labute approximate surface area is 125 Å². The third-order valence-electron chi connectivity index (χ3n) is 2.92. The fourth-order valence-electron chi connectivity index (χ4n) is 1.82. The zero-order valence-electron chi connectivity index (χ0n) is 11.1. The van der Waals surface area contributed by atoms with Crippen LogP contribution in [-0.4, -0.2) is 20.0 Å². The molecule has 2 N–H and O–H groups in total. The number of halogens is 1. The molecule has 0 bridgehead atoms. The van der Waals surface area contributed by atoms with Crippen LogP contribution in [0.1, 0.15) is 15.9 Å². The molecule has 0 atom stereocenters. The van der Waals surface area contributed by atoms with Gasteiger partial charge in [-0.05, 0) is 46.3 Å². The quantitative estimate of drug-likeness (QED) is 0.688. The predicted octanol–water partition coefficient (Wildman–Crippen LogP) is 3.28. The fourth-order valence-corrected chi connectivity index (χ4v) is 2.33. The normalized spacial score (nSPS) is 10.2. The van der Waals surface area contributed by atoms with E-state index in [0.29, 0.717) is 32.8 Å². The Morgan fingerprint density at radius 1 is 1.10 bits per heavy atom. The molecule has 0 spiro atoms. The molecule has 2 aromatic carbocycles. The number of ketones is 1. The lowest BCUT2D eigenvalue weighted by atomic mass is 10.0. The molecule has 0 aromatic heterocycles. The molecule has 0 saturated carbocycles. The highest BCUT2D eigenvalue weighted by atomic mass is 79.9. The number of hydrogen-bond acceptors (Lipinski definition) is 4. The maximum atomic E-state index is 12.4. The van der Waals surface area contributed by atoms with Crippen LogP contribution in [0.15, 0.2) is 40.9 Å². The van der Waals surface area contributed by atoms with Crippen LogP contribution in [0.4, 0.5) is 5.69 Å². The summed E-state index contributed by atoms with van der Waals surface area (Å²) in [6, 6.07) is 10.2. The van der Waals surface area contributed by atoms with E-state index in [1.165, 1.54) is 0 Å². The van der Waals surface area contributed by atoms with E-state index in [4.69, 9.17) is 15.2 Å². The molecule has 4 nitrogen and oxygen atoms in total. The van der Waals surface area contributed by atoms with Crippen LogP contribution in [0, 0.1) is 0 Å². The maximum Gasteiger partial charge on any atom is 0.195 e. The number of rotatable bonds is 4. The van der Waals surface area contributed by atoms with Crippen molar-refractivity contribution in [2.24, 2.45) is 0 Å². The number of ether oxygens (including phenoxy) is 2. The zero-order valence-corrected chi connectivity index (χ0v) is 12.7. The molecule has 104 valence electrons. The van der Waals surface area contributed by atoms with E-state index in [1.54, 1.807) is 50.6 Å². The van der Waals surface area contributed by atoms with E-state index in [-0.39, 0.29) is 5.78 Å². The molecule has 0 radical (unpaired) electrons. The zero-order chi connectivity index (χ0) is 14.7. The number of hydrogen-bond donors (Lipinski definition) is 1. The van der Waals surface area contributed by atoms with E-state index in [1.807, 2.05) is 0 Å². The largest absolute Gasteiger partial charge is 0.497 e. The molecule has 0 aliphatic carbocycles. The molecule has 0 amide bonds. The van der Waals surface area contributed by atoms with Gasteiger partial charge in [-0.1, -0.05) is 0 Å². The molecule has 0 aliphatic rings. The molecule has 0 aliphatic heterocycles. The van der Waals surface area contributed by atoms with Gasteiger partial charge in [-0.15, -0.1) is 0 Å². The van der Waals surface area contributed by atoms with Crippen molar-refractivity contribution in [3.63, 3.8) is 0 Å². The first-order valence-electron chi connectivity index (χ1n) is 5.88. The standard InChI is InChI=1S/C15H14BrNO3/c1-19-10-5-3-9(4-6-10)15(18)11-7-12(16)14(20-2)8-13(11)17/h3-8H,17H2,1-2H3. The Bertz CT molecular complexity index is 638. The van der Waals surface area contributed by atoms with Crippen molar-refractivity contribution in [3.8, 4) is 11.5 Å². The Morgan fingerprint density at radius 3 is 2.30 bits per heavy atom. The molecule has 0 fully saturated rings. The number of benzene rings is 2. The van der Waals surface area contributed by atoms with Gasteiger partial charge >= 0.3 is 0 Å². The summed E-state index contributed by atoms with van der Waals surface area (Å²) >= 11 is 3.35. The predicted molar refractivity (Wildman–Crippen MR) is 81.5 cm³/mol. The molecule has 2 aromatic rings. The number of nitrogens with two attached hydrogens (primary N) is 1. The number of methoxy groups -OCH3 is 2. The van der Waals surface area contributed by atoms with Crippen LogP contribution in [0.25, 0.3) is 0 Å².